The number of hydrogen-bond acceptors (Lipinski definition) is 5. The third-order valence-electron chi connectivity index (χ3n) is 3.41. The summed E-state index contributed by atoms with van der Waals surface area (Å²) in [6.45, 7) is 4.54. The van der Waals surface area contributed by atoms with E-state index in [1.54, 1.807) is 18.4 Å². The molecule has 1 aliphatic heterocycles. The van der Waals surface area contributed by atoms with Gasteiger partial charge in [-0.2, -0.15) is 0 Å². The van der Waals surface area contributed by atoms with E-state index in [-0.39, 0.29) is 25.2 Å². The fourth-order valence-corrected chi connectivity index (χ4v) is 2.62. The van der Waals surface area contributed by atoms with Crippen LogP contribution in [0, 0.1) is 0 Å². The zero-order valence-electron chi connectivity index (χ0n) is 12.3. The number of ether oxygens (including phenoxy) is 2. The number of fused-ring (bicyclic) bond motifs is 1. The molecule has 0 radical (unpaired) electrons. The van der Waals surface area contributed by atoms with Crippen LogP contribution in [0.3, 0.4) is 0 Å². The summed E-state index contributed by atoms with van der Waals surface area (Å²) in [7, 11) is 0. The van der Waals surface area contributed by atoms with Crippen LogP contribution in [-0.4, -0.2) is 29.7 Å². The lowest BCUT2D eigenvalue weighted by Crippen LogP contribution is -2.25. The molecule has 0 bridgehead atoms. The minimum absolute atomic E-state index is 0.0922. The van der Waals surface area contributed by atoms with Gasteiger partial charge in [-0.1, -0.05) is 0 Å². The van der Waals surface area contributed by atoms with E-state index in [0.717, 1.165) is 6.42 Å². The van der Waals surface area contributed by atoms with Crippen LogP contribution >= 0.6 is 0 Å². The van der Waals surface area contributed by atoms with Crippen molar-refractivity contribution in [1.29, 1.82) is 0 Å². The van der Waals surface area contributed by atoms with E-state index in [1.807, 2.05) is 0 Å². The Balaban J connectivity index is 2.47. The molecule has 21 heavy (non-hydrogen) atoms. The topological polar surface area (TPSA) is 74.6 Å². The van der Waals surface area contributed by atoms with Crippen LogP contribution < -0.4 is 5.56 Å². The van der Waals surface area contributed by atoms with E-state index in [4.69, 9.17) is 9.47 Å². The van der Waals surface area contributed by atoms with Crippen molar-refractivity contribution in [2.45, 2.75) is 39.7 Å². The van der Waals surface area contributed by atoms with Crippen molar-refractivity contribution in [2.75, 3.05) is 13.2 Å². The average molecular weight is 293 g/mol. The van der Waals surface area contributed by atoms with Gasteiger partial charge in [0.1, 0.15) is 0 Å². The molecular weight excluding hydrogens is 274 g/mol. The van der Waals surface area contributed by atoms with Crippen molar-refractivity contribution >= 4 is 11.9 Å². The van der Waals surface area contributed by atoms with Crippen molar-refractivity contribution in [1.82, 2.24) is 4.57 Å². The van der Waals surface area contributed by atoms with E-state index in [0.29, 0.717) is 29.8 Å². The Morgan fingerprint density at radius 1 is 1.24 bits per heavy atom. The number of aromatic nitrogens is 1. The summed E-state index contributed by atoms with van der Waals surface area (Å²) in [6, 6.07) is 1.35. The number of carbonyl (C=O) groups excluding carboxylic acids is 2. The number of nitrogens with zero attached hydrogens (tertiary/aromatic N) is 1. The molecule has 0 saturated heterocycles. The Kier molecular flexibility index (Phi) is 4.77. The van der Waals surface area contributed by atoms with Gasteiger partial charge in [-0.3, -0.25) is 9.59 Å². The first-order chi connectivity index (χ1) is 10.1. The number of hydrogen-bond donors (Lipinski definition) is 0. The largest absolute Gasteiger partial charge is 0.466 e. The van der Waals surface area contributed by atoms with E-state index in [2.05, 4.69) is 0 Å². The van der Waals surface area contributed by atoms with E-state index in [9.17, 15) is 14.4 Å². The van der Waals surface area contributed by atoms with Gasteiger partial charge >= 0.3 is 11.9 Å². The van der Waals surface area contributed by atoms with Gasteiger partial charge in [0.25, 0.3) is 5.56 Å². The van der Waals surface area contributed by atoms with Gasteiger partial charge in [0, 0.05) is 18.3 Å². The van der Waals surface area contributed by atoms with Crippen LogP contribution in [0.5, 0.6) is 0 Å². The van der Waals surface area contributed by atoms with Gasteiger partial charge < -0.3 is 14.0 Å². The molecule has 2 heterocycles. The Morgan fingerprint density at radius 2 is 1.95 bits per heavy atom. The maximum atomic E-state index is 12.2. The Bertz CT molecular complexity index is 617. The molecule has 0 atom stereocenters. The first-order valence-electron chi connectivity index (χ1n) is 7.16. The first-order valence-corrected chi connectivity index (χ1v) is 7.16. The van der Waals surface area contributed by atoms with Gasteiger partial charge in [-0.05, 0) is 32.3 Å². The molecule has 6 nitrogen and oxygen atoms in total. The Morgan fingerprint density at radius 3 is 2.62 bits per heavy atom. The lowest BCUT2D eigenvalue weighted by atomic mass is 10.0. The van der Waals surface area contributed by atoms with Gasteiger partial charge in [-0.25, -0.2) is 4.79 Å². The van der Waals surface area contributed by atoms with Crippen LogP contribution in [-0.2, 0) is 33.7 Å². The minimum Gasteiger partial charge on any atom is -0.466 e. The Labute approximate surface area is 122 Å². The average Bonchev–Trinajstić information content (AvgIpc) is 2.88. The van der Waals surface area contributed by atoms with Gasteiger partial charge in [0.15, 0.2) is 0 Å². The molecule has 1 aromatic heterocycles. The second-order valence-corrected chi connectivity index (χ2v) is 4.79. The predicted molar refractivity (Wildman–Crippen MR) is 75.3 cm³/mol. The zero-order chi connectivity index (χ0) is 15.4. The molecule has 6 heteroatoms. The SMILES string of the molecule is CCOC(=O)Cc1cc(=O)n2c(c1C(=O)OCC)CCC2. The lowest BCUT2D eigenvalue weighted by Gasteiger charge is -2.14. The predicted octanol–water partition coefficient (Wildman–Crippen LogP) is 1.08. The van der Waals surface area contributed by atoms with Crippen molar-refractivity contribution in [3.8, 4) is 0 Å². The van der Waals surface area contributed by atoms with E-state index >= 15 is 0 Å². The van der Waals surface area contributed by atoms with Crippen LogP contribution in [0.4, 0.5) is 0 Å². The minimum atomic E-state index is -0.484. The smallest absolute Gasteiger partial charge is 0.340 e. The molecule has 0 saturated carbocycles. The molecule has 0 amide bonds. The van der Waals surface area contributed by atoms with Crippen molar-refractivity contribution < 1.29 is 19.1 Å². The van der Waals surface area contributed by atoms with Gasteiger partial charge in [0.05, 0.1) is 25.2 Å². The van der Waals surface area contributed by atoms with Crippen molar-refractivity contribution in [3.63, 3.8) is 0 Å². The summed E-state index contributed by atoms with van der Waals surface area (Å²) in [5, 5.41) is 0. The number of carbonyl (C=O) groups is 2. The third kappa shape index (κ3) is 3.15. The van der Waals surface area contributed by atoms with E-state index < -0.39 is 11.9 Å². The second kappa shape index (κ2) is 6.56. The first kappa shape index (κ1) is 15.3. The molecule has 2 rings (SSSR count). The second-order valence-electron chi connectivity index (χ2n) is 4.79. The zero-order valence-corrected chi connectivity index (χ0v) is 12.3. The standard InChI is InChI=1S/C15H19NO5/c1-3-20-13(18)9-10-8-12(17)16-7-5-6-11(16)14(10)15(19)21-4-2/h8H,3-7,9H2,1-2H3. The maximum absolute atomic E-state index is 12.2. The fourth-order valence-electron chi connectivity index (χ4n) is 2.62. The maximum Gasteiger partial charge on any atom is 0.340 e. The number of esters is 2. The van der Waals surface area contributed by atoms with Crippen LogP contribution in [0.2, 0.25) is 0 Å². The van der Waals surface area contributed by atoms with Crippen LogP contribution in [0.25, 0.3) is 0 Å². The molecule has 114 valence electrons. The number of pyridine rings is 1. The highest BCUT2D eigenvalue weighted by molar-refractivity contribution is 5.93. The van der Waals surface area contributed by atoms with Gasteiger partial charge in [-0.15, -0.1) is 0 Å². The summed E-state index contributed by atoms with van der Waals surface area (Å²) in [5.74, 6) is -0.937. The molecule has 0 fully saturated rings. The number of rotatable bonds is 5. The highest BCUT2D eigenvalue weighted by Crippen LogP contribution is 2.22. The van der Waals surface area contributed by atoms with Crippen molar-refractivity contribution in [3.05, 3.63) is 33.2 Å². The Hall–Kier alpha value is -2.11. The molecule has 0 N–H and O–H groups in total. The summed E-state index contributed by atoms with van der Waals surface area (Å²) in [4.78, 5) is 35.9. The third-order valence-corrected chi connectivity index (χ3v) is 3.41. The highest BCUT2D eigenvalue weighted by atomic mass is 16.5. The summed E-state index contributed by atoms with van der Waals surface area (Å²) < 4.78 is 11.6. The quantitative estimate of drug-likeness (QED) is 0.759. The molecule has 0 aromatic carbocycles. The van der Waals surface area contributed by atoms with Crippen LogP contribution in [0.15, 0.2) is 10.9 Å². The van der Waals surface area contributed by atoms with E-state index in [1.165, 1.54) is 6.07 Å². The molecular formula is C15H19NO5. The lowest BCUT2D eigenvalue weighted by molar-refractivity contribution is -0.142. The summed E-state index contributed by atoms with van der Waals surface area (Å²) >= 11 is 0. The molecule has 0 unspecified atom stereocenters. The summed E-state index contributed by atoms with van der Waals surface area (Å²) in [6.07, 6.45) is 1.36. The highest BCUT2D eigenvalue weighted by Gasteiger charge is 2.26. The van der Waals surface area contributed by atoms with Crippen LogP contribution in [0.1, 0.15) is 41.9 Å². The molecule has 0 spiro atoms. The fraction of sp³-hybridized carbons (Fsp3) is 0.533. The summed E-state index contributed by atoms with van der Waals surface area (Å²) in [5.41, 5.74) is 1.22. The monoisotopic (exact) mass is 293 g/mol. The molecule has 1 aromatic rings. The molecule has 1 aliphatic rings. The van der Waals surface area contributed by atoms with Gasteiger partial charge in [0.2, 0.25) is 0 Å². The van der Waals surface area contributed by atoms with Crippen molar-refractivity contribution in [2.24, 2.45) is 0 Å². The molecule has 0 aliphatic carbocycles. The normalized spacial score (nSPS) is 12.9.